The second kappa shape index (κ2) is 10.7. The van der Waals surface area contributed by atoms with Gasteiger partial charge in [-0.1, -0.05) is 48.5 Å². The summed E-state index contributed by atoms with van der Waals surface area (Å²) in [7, 11) is 1.79. The number of nitrogens with zero attached hydrogens (tertiary/aromatic N) is 3. The van der Waals surface area contributed by atoms with Crippen LogP contribution in [0.3, 0.4) is 0 Å². The lowest BCUT2D eigenvalue weighted by Crippen LogP contribution is -2.36. The largest absolute Gasteiger partial charge is 0.352 e. The highest BCUT2D eigenvalue weighted by Gasteiger charge is 2.05. The summed E-state index contributed by atoms with van der Waals surface area (Å²) in [5.41, 5.74) is 5.04. The second-order valence-corrected chi connectivity index (χ2v) is 6.18. The van der Waals surface area contributed by atoms with E-state index in [4.69, 9.17) is 0 Å². The van der Waals surface area contributed by atoms with Crippen molar-refractivity contribution in [2.45, 2.75) is 26.6 Å². The molecule has 0 atom stereocenters. The predicted octanol–water partition coefficient (Wildman–Crippen LogP) is 3.72. The zero-order valence-corrected chi connectivity index (χ0v) is 18.1. The highest BCUT2D eigenvalue weighted by molar-refractivity contribution is 14.0. The zero-order valence-electron chi connectivity index (χ0n) is 15.7. The molecule has 0 aliphatic heterocycles. The number of guanidine groups is 1. The van der Waals surface area contributed by atoms with Gasteiger partial charge in [-0.25, -0.2) is 0 Å². The average molecular weight is 475 g/mol. The third kappa shape index (κ3) is 6.09. The molecule has 0 aliphatic carbocycles. The van der Waals surface area contributed by atoms with Gasteiger partial charge in [-0.05, 0) is 35.2 Å². The number of aromatic nitrogens is 2. The van der Waals surface area contributed by atoms with Crippen molar-refractivity contribution in [3.63, 3.8) is 0 Å². The van der Waals surface area contributed by atoms with Crippen molar-refractivity contribution >= 4 is 29.9 Å². The fourth-order valence-corrected chi connectivity index (χ4v) is 2.84. The van der Waals surface area contributed by atoms with Crippen molar-refractivity contribution in [1.29, 1.82) is 0 Å². The van der Waals surface area contributed by atoms with Gasteiger partial charge < -0.3 is 10.6 Å². The quantitative estimate of drug-likeness (QED) is 0.325. The van der Waals surface area contributed by atoms with Crippen molar-refractivity contribution < 1.29 is 0 Å². The van der Waals surface area contributed by atoms with Crippen molar-refractivity contribution in [3.8, 4) is 0 Å². The van der Waals surface area contributed by atoms with E-state index >= 15 is 0 Å². The third-order valence-corrected chi connectivity index (χ3v) is 4.39. The normalized spacial score (nSPS) is 11.0. The number of aryl methyl sites for hydroxylation is 1. The molecule has 27 heavy (non-hydrogen) atoms. The van der Waals surface area contributed by atoms with Gasteiger partial charge in [0.1, 0.15) is 0 Å². The maximum atomic E-state index is 4.33. The van der Waals surface area contributed by atoms with E-state index in [1.165, 1.54) is 22.3 Å². The van der Waals surface area contributed by atoms with Crippen LogP contribution in [0.25, 0.3) is 0 Å². The van der Waals surface area contributed by atoms with Crippen molar-refractivity contribution in [2.75, 3.05) is 7.05 Å². The fourth-order valence-electron chi connectivity index (χ4n) is 2.84. The minimum atomic E-state index is 0. The van der Waals surface area contributed by atoms with E-state index in [0.29, 0.717) is 6.54 Å². The Morgan fingerprint density at radius 1 is 0.926 bits per heavy atom. The summed E-state index contributed by atoms with van der Waals surface area (Å²) in [4.78, 5) is 4.33. The van der Waals surface area contributed by atoms with E-state index in [1.807, 2.05) is 16.9 Å². The molecule has 1 aromatic heterocycles. The van der Waals surface area contributed by atoms with Crippen LogP contribution in [0.1, 0.15) is 22.3 Å². The maximum Gasteiger partial charge on any atom is 0.191 e. The first-order valence-corrected chi connectivity index (χ1v) is 8.79. The lowest BCUT2D eigenvalue weighted by Gasteiger charge is -2.15. The summed E-state index contributed by atoms with van der Waals surface area (Å²) in [5, 5.41) is 11.1. The summed E-state index contributed by atoms with van der Waals surface area (Å²) in [6.45, 7) is 4.35. The van der Waals surface area contributed by atoms with E-state index in [2.05, 4.69) is 76.2 Å². The van der Waals surface area contributed by atoms with Gasteiger partial charge in [0.15, 0.2) is 5.96 Å². The lowest BCUT2D eigenvalue weighted by molar-refractivity contribution is 0.677. The van der Waals surface area contributed by atoms with E-state index in [0.717, 1.165) is 19.0 Å². The first-order valence-electron chi connectivity index (χ1n) is 8.79. The van der Waals surface area contributed by atoms with Crippen LogP contribution in [0.5, 0.6) is 0 Å². The minimum absolute atomic E-state index is 0. The van der Waals surface area contributed by atoms with Crippen LogP contribution < -0.4 is 10.6 Å². The molecule has 0 unspecified atom stereocenters. The van der Waals surface area contributed by atoms with Gasteiger partial charge in [0.25, 0.3) is 0 Å². The molecule has 3 aromatic rings. The molecule has 0 aliphatic rings. The van der Waals surface area contributed by atoms with E-state index in [9.17, 15) is 0 Å². The molecule has 2 aromatic carbocycles. The number of rotatable bonds is 6. The number of hydrogen-bond donors (Lipinski definition) is 2. The molecule has 0 bridgehead atoms. The smallest absolute Gasteiger partial charge is 0.191 e. The molecule has 6 heteroatoms. The summed E-state index contributed by atoms with van der Waals surface area (Å²) >= 11 is 0. The van der Waals surface area contributed by atoms with Crippen LogP contribution in [0.2, 0.25) is 0 Å². The van der Waals surface area contributed by atoms with Crippen molar-refractivity contribution in [1.82, 2.24) is 20.4 Å². The van der Waals surface area contributed by atoms with Crippen LogP contribution in [0, 0.1) is 6.92 Å². The molecule has 0 saturated carbocycles. The monoisotopic (exact) mass is 475 g/mol. The minimum Gasteiger partial charge on any atom is -0.352 e. The molecule has 3 rings (SSSR count). The molecule has 0 saturated heterocycles. The number of hydrogen-bond acceptors (Lipinski definition) is 2. The van der Waals surface area contributed by atoms with Gasteiger partial charge in [-0.3, -0.25) is 9.67 Å². The van der Waals surface area contributed by atoms with Gasteiger partial charge in [0, 0.05) is 32.5 Å². The number of halogens is 1. The highest BCUT2D eigenvalue weighted by Crippen LogP contribution is 2.10. The molecule has 0 radical (unpaired) electrons. The first-order chi connectivity index (χ1) is 12.8. The Morgan fingerprint density at radius 3 is 2.19 bits per heavy atom. The Labute approximate surface area is 177 Å². The van der Waals surface area contributed by atoms with Gasteiger partial charge in [0.05, 0.1) is 6.54 Å². The Hall–Kier alpha value is -2.35. The van der Waals surface area contributed by atoms with Crippen molar-refractivity contribution in [2.24, 2.45) is 4.99 Å². The Kier molecular flexibility index (Phi) is 8.32. The van der Waals surface area contributed by atoms with E-state index in [-0.39, 0.29) is 24.0 Å². The van der Waals surface area contributed by atoms with Crippen LogP contribution in [-0.4, -0.2) is 22.8 Å². The van der Waals surface area contributed by atoms with Gasteiger partial charge >= 0.3 is 0 Å². The molecular formula is C21H26IN5. The predicted molar refractivity (Wildman–Crippen MR) is 121 cm³/mol. The highest BCUT2D eigenvalue weighted by atomic mass is 127. The molecule has 0 fully saturated rings. The summed E-state index contributed by atoms with van der Waals surface area (Å²) in [5.74, 6) is 0.794. The average Bonchev–Trinajstić information content (AvgIpc) is 3.17. The van der Waals surface area contributed by atoms with Crippen molar-refractivity contribution in [3.05, 3.63) is 89.2 Å². The zero-order chi connectivity index (χ0) is 18.2. The molecular weight excluding hydrogens is 449 g/mol. The summed E-state index contributed by atoms with van der Waals surface area (Å²) < 4.78 is 1.93. The lowest BCUT2D eigenvalue weighted by atomic mass is 10.1. The van der Waals surface area contributed by atoms with Gasteiger partial charge in [-0.2, -0.15) is 5.10 Å². The van der Waals surface area contributed by atoms with Gasteiger partial charge in [-0.15, -0.1) is 24.0 Å². The third-order valence-electron chi connectivity index (χ3n) is 4.39. The topological polar surface area (TPSA) is 54.2 Å². The van der Waals surface area contributed by atoms with E-state index < -0.39 is 0 Å². The summed E-state index contributed by atoms with van der Waals surface area (Å²) in [6.07, 6.45) is 3.78. The standard InChI is InChI=1S/C21H25N5.HI/c1-17-8-3-4-9-18(17)14-23-21(22-2)24-15-19-10-5-6-11-20(19)16-26-13-7-12-25-26;/h3-13H,14-16H2,1-2H3,(H2,22,23,24);1H. The Bertz CT molecular complexity index is 859. The molecule has 142 valence electrons. The van der Waals surface area contributed by atoms with Crippen LogP contribution >= 0.6 is 24.0 Å². The number of nitrogens with one attached hydrogen (secondary N) is 2. The molecule has 0 spiro atoms. The van der Waals surface area contributed by atoms with Crippen LogP contribution in [-0.2, 0) is 19.6 Å². The maximum absolute atomic E-state index is 4.33. The Morgan fingerprint density at radius 2 is 1.56 bits per heavy atom. The van der Waals surface area contributed by atoms with Crippen LogP contribution in [0.15, 0.2) is 72.0 Å². The molecule has 0 amide bonds. The fraction of sp³-hybridized carbons (Fsp3) is 0.238. The van der Waals surface area contributed by atoms with E-state index in [1.54, 1.807) is 13.2 Å². The number of aliphatic imine (C=N–C) groups is 1. The molecule has 2 N–H and O–H groups in total. The molecule has 1 heterocycles. The number of benzene rings is 2. The van der Waals surface area contributed by atoms with Gasteiger partial charge in [0.2, 0.25) is 0 Å². The summed E-state index contributed by atoms with van der Waals surface area (Å²) in [6, 6.07) is 18.7. The Balaban J connectivity index is 0.00000261. The second-order valence-electron chi connectivity index (χ2n) is 6.18. The van der Waals surface area contributed by atoms with Crippen LogP contribution in [0.4, 0.5) is 0 Å². The SMILES string of the molecule is CN=C(NCc1ccccc1C)NCc1ccccc1Cn1cccn1.I. The molecule has 5 nitrogen and oxygen atoms in total. The first kappa shape index (κ1) is 21.0.